The summed E-state index contributed by atoms with van der Waals surface area (Å²) in [5.74, 6) is 0.229. The maximum atomic E-state index is 12.0. The van der Waals surface area contributed by atoms with Crippen molar-refractivity contribution in [1.29, 1.82) is 5.26 Å². The monoisotopic (exact) mass is 287 g/mol. The maximum Gasteiger partial charge on any atom is 0.262 e. The number of nitriles is 1. The number of nitrogens with zero attached hydrogens (tertiary/aromatic N) is 2. The van der Waals surface area contributed by atoms with Gasteiger partial charge in [0.05, 0.1) is 0 Å². The first kappa shape index (κ1) is 17.0. The van der Waals surface area contributed by atoms with Gasteiger partial charge in [0.15, 0.2) is 0 Å². The van der Waals surface area contributed by atoms with Crippen LogP contribution in [0.15, 0.2) is 11.6 Å². The molecule has 0 spiro atoms. The van der Waals surface area contributed by atoms with E-state index in [4.69, 9.17) is 0 Å². The lowest BCUT2D eigenvalue weighted by molar-refractivity contribution is -0.117. The van der Waals surface area contributed by atoms with Crippen molar-refractivity contribution >= 4 is 12.0 Å². The highest BCUT2D eigenvalue weighted by Crippen LogP contribution is 2.19. The molecule has 0 bridgehead atoms. The number of nitrogens with one attached hydrogen (secondary N) is 1. The Balaban J connectivity index is 3.13. The molecule has 1 N–H and O–H groups in total. The molecule has 0 aromatic carbocycles. The van der Waals surface area contributed by atoms with Crippen molar-refractivity contribution in [1.82, 2.24) is 9.88 Å². The fourth-order valence-corrected chi connectivity index (χ4v) is 2.26. The number of aryl methyl sites for hydroxylation is 1. The van der Waals surface area contributed by atoms with Gasteiger partial charge in [-0.05, 0) is 51.3 Å². The number of hydrogen-bond acceptors (Lipinski definition) is 2. The van der Waals surface area contributed by atoms with Crippen molar-refractivity contribution in [3.05, 3.63) is 28.6 Å². The van der Waals surface area contributed by atoms with E-state index >= 15 is 0 Å². The van der Waals surface area contributed by atoms with Crippen molar-refractivity contribution in [2.75, 3.05) is 0 Å². The highest BCUT2D eigenvalue weighted by atomic mass is 16.1. The van der Waals surface area contributed by atoms with Gasteiger partial charge in [0.1, 0.15) is 11.6 Å². The van der Waals surface area contributed by atoms with E-state index in [0.29, 0.717) is 5.92 Å². The van der Waals surface area contributed by atoms with Gasteiger partial charge in [-0.25, -0.2) is 0 Å². The summed E-state index contributed by atoms with van der Waals surface area (Å²) in [5, 5.41) is 11.9. The van der Waals surface area contributed by atoms with Crippen LogP contribution in [0.3, 0.4) is 0 Å². The highest BCUT2D eigenvalue weighted by Gasteiger charge is 2.13. The minimum atomic E-state index is -0.318. The summed E-state index contributed by atoms with van der Waals surface area (Å²) in [7, 11) is 0. The number of carbonyl (C=O) groups excluding carboxylic acids is 1. The fraction of sp³-hybridized carbons (Fsp3) is 0.529. The van der Waals surface area contributed by atoms with E-state index in [2.05, 4.69) is 23.7 Å². The Bertz CT molecular complexity index is 586. The molecule has 0 unspecified atom stereocenters. The largest absolute Gasteiger partial charge is 0.349 e. The van der Waals surface area contributed by atoms with Crippen LogP contribution in [0.5, 0.6) is 0 Å². The predicted octanol–water partition coefficient (Wildman–Crippen LogP) is 3.19. The highest BCUT2D eigenvalue weighted by molar-refractivity contribution is 6.01. The second kappa shape index (κ2) is 7.12. The SMILES string of the molecule is Cc1cc(/C=C(\C#N)C(=O)NC(C)C)c(C)n1CC(C)C. The first-order valence-corrected chi connectivity index (χ1v) is 7.35. The van der Waals surface area contributed by atoms with Crippen LogP contribution in [0, 0.1) is 31.1 Å². The van der Waals surface area contributed by atoms with E-state index in [1.165, 1.54) is 0 Å². The first-order valence-electron chi connectivity index (χ1n) is 7.35. The van der Waals surface area contributed by atoms with E-state index < -0.39 is 0 Å². The molecular formula is C17H25N3O. The normalized spacial score (nSPS) is 11.9. The molecule has 0 radical (unpaired) electrons. The lowest BCUT2D eigenvalue weighted by Gasteiger charge is -2.12. The third-order valence-corrected chi connectivity index (χ3v) is 3.25. The Morgan fingerprint density at radius 2 is 2.00 bits per heavy atom. The van der Waals surface area contributed by atoms with Crippen molar-refractivity contribution < 1.29 is 4.79 Å². The van der Waals surface area contributed by atoms with E-state index in [0.717, 1.165) is 23.5 Å². The lowest BCUT2D eigenvalue weighted by atomic mass is 10.1. The minimum Gasteiger partial charge on any atom is -0.349 e. The molecule has 114 valence electrons. The summed E-state index contributed by atoms with van der Waals surface area (Å²) in [4.78, 5) is 12.0. The number of carbonyl (C=O) groups is 1. The van der Waals surface area contributed by atoms with Gasteiger partial charge in [-0.3, -0.25) is 4.79 Å². The first-order chi connectivity index (χ1) is 9.76. The van der Waals surface area contributed by atoms with Gasteiger partial charge in [0, 0.05) is 24.0 Å². The summed E-state index contributed by atoms with van der Waals surface area (Å²) in [6.07, 6.45) is 1.68. The van der Waals surface area contributed by atoms with E-state index in [9.17, 15) is 10.1 Å². The molecular weight excluding hydrogens is 262 g/mol. The summed E-state index contributed by atoms with van der Waals surface area (Å²) in [6.45, 7) is 13.1. The van der Waals surface area contributed by atoms with Crippen molar-refractivity contribution in [3.63, 3.8) is 0 Å². The molecule has 0 fully saturated rings. The van der Waals surface area contributed by atoms with Gasteiger partial charge in [-0.1, -0.05) is 13.8 Å². The van der Waals surface area contributed by atoms with Gasteiger partial charge in [0.2, 0.25) is 0 Å². The lowest BCUT2D eigenvalue weighted by Crippen LogP contribution is -2.30. The predicted molar refractivity (Wildman–Crippen MR) is 85.6 cm³/mol. The van der Waals surface area contributed by atoms with Crippen molar-refractivity contribution in [3.8, 4) is 6.07 Å². The van der Waals surface area contributed by atoms with E-state index in [1.54, 1.807) is 6.08 Å². The number of hydrogen-bond donors (Lipinski definition) is 1. The molecule has 0 aliphatic rings. The topological polar surface area (TPSA) is 57.8 Å². The van der Waals surface area contributed by atoms with Gasteiger partial charge in [-0.2, -0.15) is 5.26 Å². The zero-order chi connectivity index (χ0) is 16.2. The molecule has 4 heteroatoms. The van der Waals surface area contributed by atoms with Gasteiger partial charge >= 0.3 is 0 Å². The van der Waals surface area contributed by atoms with Gasteiger partial charge in [0.25, 0.3) is 5.91 Å². The quantitative estimate of drug-likeness (QED) is 0.668. The van der Waals surface area contributed by atoms with Gasteiger partial charge in [-0.15, -0.1) is 0 Å². The van der Waals surface area contributed by atoms with E-state index in [1.807, 2.05) is 39.8 Å². The summed E-state index contributed by atoms with van der Waals surface area (Å²) in [5.41, 5.74) is 3.32. The Hall–Kier alpha value is -2.02. The molecule has 1 aromatic rings. The maximum absolute atomic E-state index is 12.0. The summed E-state index contributed by atoms with van der Waals surface area (Å²) in [6, 6.07) is 4.03. The van der Waals surface area contributed by atoms with Crippen LogP contribution in [0.2, 0.25) is 0 Å². The van der Waals surface area contributed by atoms with Crippen LogP contribution >= 0.6 is 0 Å². The molecule has 1 heterocycles. The zero-order valence-electron chi connectivity index (χ0n) is 13.8. The van der Waals surface area contributed by atoms with Crippen molar-refractivity contribution in [2.24, 2.45) is 5.92 Å². The molecule has 4 nitrogen and oxygen atoms in total. The Kier molecular flexibility index (Phi) is 5.78. The third-order valence-electron chi connectivity index (χ3n) is 3.25. The molecule has 1 amide bonds. The fourth-order valence-electron chi connectivity index (χ4n) is 2.26. The van der Waals surface area contributed by atoms with Crippen LogP contribution in [0.1, 0.15) is 44.6 Å². The van der Waals surface area contributed by atoms with Crippen LogP contribution in [-0.2, 0) is 11.3 Å². The summed E-state index contributed by atoms with van der Waals surface area (Å²) < 4.78 is 2.23. The number of rotatable bonds is 5. The molecule has 1 aromatic heterocycles. The second-order valence-electron chi connectivity index (χ2n) is 6.13. The van der Waals surface area contributed by atoms with Gasteiger partial charge < -0.3 is 9.88 Å². The molecule has 0 saturated heterocycles. The molecule has 0 atom stereocenters. The average Bonchev–Trinajstić information content (AvgIpc) is 2.62. The minimum absolute atomic E-state index is 0.0163. The van der Waals surface area contributed by atoms with Crippen LogP contribution in [0.4, 0.5) is 0 Å². The Labute approximate surface area is 127 Å². The molecule has 0 aliphatic carbocycles. The second-order valence-corrected chi connectivity index (χ2v) is 6.13. The van der Waals surface area contributed by atoms with Crippen LogP contribution in [-0.4, -0.2) is 16.5 Å². The van der Waals surface area contributed by atoms with Crippen LogP contribution in [0.25, 0.3) is 6.08 Å². The summed E-state index contributed by atoms with van der Waals surface area (Å²) >= 11 is 0. The number of amides is 1. The number of aromatic nitrogens is 1. The molecule has 21 heavy (non-hydrogen) atoms. The van der Waals surface area contributed by atoms with Crippen molar-refractivity contribution in [2.45, 2.75) is 54.1 Å². The van der Waals surface area contributed by atoms with E-state index in [-0.39, 0.29) is 17.5 Å². The third kappa shape index (κ3) is 4.49. The molecule has 0 aliphatic heterocycles. The zero-order valence-corrected chi connectivity index (χ0v) is 13.8. The molecule has 1 rings (SSSR count). The molecule has 0 saturated carbocycles. The standard InChI is InChI=1S/C17H25N3O/c1-11(2)10-20-13(5)7-15(14(20)6)8-16(9-18)17(21)19-12(3)4/h7-8,11-12H,10H2,1-6H3,(H,19,21)/b16-8+. The Morgan fingerprint density at radius 1 is 1.38 bits per heavy atom. The average molecular weight is 287 g/mol. The Morgan fingerprint density at radius 3 is 2.48 bits per heavy atom. The smallest absolute Gasteiger partial charge is 0.262 e. The van der Waals surface area contributed by atoms with Crippen LogP contribution < -0.4 is 5.32 Å².